The molecule has 1 aliphatic rings. The predicted molar refractivity (Wildman–Crippen MR) is 80.4 cm³/mol. The number of rotatable bonds is 6. The molecule has 1 N–H and O–H groups in total. The number of hydrogen-bond acceptors (Lipinski definition) is 2. The first-order valence-electron chi connectivity index (χ1n) is 7.85. The lowest BCUT2D eigenvalue weighted by Gasteiger charge is -2.27. The smallest absolute Gasteiger partial charge is 0.0630 e. The summed E-state index contributed by atoms with van der Waals surface area (Å²) >= 11 is 0. The minimum Gasteiger partial charge on any atom is -0.319 e. The lowest BCUT2D eigenvalue weighted by molar-refractivity contribution is 0.290. The van der Waals surface area contributed by atoms with Crippen LogP contribution >= 0.6 is 0 Å². The topological polar surface area (TPSA) is 29.9 Å². The van der Waals surface area contributed by atoms with Gasteiger partial charge < -0.3 is 5.32 Å². The van der Waals surface area contributed by atoms with E-state index in [9.17, 15) is 0 Å². The zero-order valence-corrected chi connectivity index (χ0v) is 12.8. The van der Waals surface area contributed by atoms with Crippen LogP contribution in [0.5, 0.6) is 0 Å². The molecule has 0 aliphatic heterocycles. The molecule has 0 amide bonds. The third-order valence-electron chi connectivity index (χ3n) is 4.68. The standard InChI is InChI=1S/C16H29N3/c1-4-16(2,13-17-3)12-14-10-11-19(18-14)15-8-6-5-7-9-15/h10-11,15,17H,4-9,12-13H2,1-3H3. The van der Waals surface area contributed by atoms with Crippen LogP contribution in [0.3, 0.4) is 0 Å². The van der Waals surface area contributed by atoms with Crippen LogP contribution in [0.15, 0.2) is 12.3 Å². The molecule has 1 aromatic rings. The summed E-state index contributed by atoms with van der Waals surface area (Å²) in [5.41, 5.74) is 1.57. The molecule has 2 rings (SSSR count). The van der Waals surface area contributed by atoms with E-state index in [0.29, 0.717) is 11.5 Å². The highest BCUT2D eigenvalue weighted by Gasteiger charge is 2.23. The van der Waals surface area contributed by atoms with Crippen molar-refractivity contribution in [3.63, 3.8) is 0 Å². The lowest BCUT2D eigenvalue weighted by atomic mass is 9.83. The zero-order chi connectivity index (χ0) is 13.7. The second-order valence-electron chi connectivity index (χ2n) is 6.45. The first-order valence-corrected chi connectivity index (χ1v) is 7.85. The van der Waals surface area contributed by atoms with Crippen LogP contribution in [0.1, 0.15) is 64.1 Å². The van der Waals surface area contributed by atoms with E-state index in [-0.39, 0.29) is 0 Å². The van der Waals surface area contributed by atoms with Crippen LogP contribution < -0.4 is 5.32 Å². The Labute approximate surface area is 117 Å². The first kappa shape index (κ1) is 14.6. The summed E-state index contributed by atoms with van der Waals surface area (Å²) in [5.74, 6) is 0. The fraction of sp³-hybridized carbons (Fsp3) is 0.812. The molecule has 1 heterocycles. The Morgan fingerprint density at radius 1 is 1.37 bits per heavy atom. The Kier molecular flexibility index (Phi) is 5.03. The molecule has 1 aliphatic carbocycles. The van der Waals surface area contributed by atoms with Gasteiger partial charge in [-0.3, -0.25) is 4.68 Å². The molecule has 0 saturated heterocycles. The van der Waals surface area contributed by atoms with E-state index >= 15 is 0 Å². The molecular weight excluding hydrogens is 234 g/mol. The van der Waals surface area contributed by atoms with Crippen LogP contribution in [-0.4, -0.2) is 23.4 Å². The number of nitrogens with one attached hydrogen (secondary N) is 1. The quantitative estimate of drug-likeness (QED) is 0.850. The highest BCUT2D eigenvalue weighted by atomic mass is 15.3. The van der Waals surface area contributed by atoms with Crippen molar-refractivity contribution in [1.29, 1.82) is 0 Å². The molecule has 3 nitrogen and oxygen atoms in total. The second-order valence-corrected chi connectivity index (χ2v) is 6.45. The summed E-state index contributed by atoms with van der Waals surface area (Å²) in [6, 6.07) is 2.87. The molecule has 3 heteroatoms. The molecule has 0 bridgehead atoms. The van der Waals surface area contributed by atoms with E-state index in [0.717, 1.165) is 13.0 Å². The van der Waals surface area contributed by atoms with Gasteiger partial charge in [-0.1, -0.05) is 33.1 Å². The zero-order valence-electron chi connectivity index (χ0n) is 12.8. The number of hydrogen-bond donors (Lipinski definition) is 1. The maximum atomic E-state index is 4.84. The first-order chi connectivity index (χ1) is 9.17. The van der Waals surface area contributed by atoms with Gasteiger partial charge in [0.25, 0.3) is 0 Å². The van der Waals surface area contributed by atoms with Gasteiger partial charge in [0.05, 0.1) is 11.7 Å². The van der Waals surface area contributed by atoms with E-state index in [2.05, 4.69) is 36.1 Å². The Balaban J connectivity index is 1.99. The Bertz CT molecular complexity index is 379. The van der Waals surface area contributed by atoms with Crippen LogP contribution in [0.4, 0.5) is 0 Å². The van der Waals surface area contributed by atoms with Crippen LogP contribution in [-0.2, 0) is 6.42 Å². The van der Waals surface area contributed by atoms with Crippen molar-refractivity contribution in [2.75, 3.05) is 13.6 Å². The van der Waals surface area contributed by atoms with E-state index in [1.165, 1.54) is 44.2 Å². The molecule has 0 radical (unpaired) electrons. The van der Waals surface area contributed by atoms with E-state index < -0.39 is 0 Å². The fourth-order valence-corrected chi connectivity index (χ4v) is 3.20. The summed E-state index contributed by atoms with van der Waals surface area (Å²) < 4.78 is 2.23. The molecule has 19 heavy (non-hydrogen) atoms. The minimum absolute atomic E-state index is 0.320. The Morgan fingerprint density at radius 2 is 2.11 bits per heavy atom. The van der Waals surface area contributed by atoms with E-state index in [1.807, 2.05) is 7.05 Å². The molecule has 1 aromatic heterocycles. The van der Waals surface area contributed by atoms with Crippen molar-refractivity contribution in [2.24, 2.45) is 5.41 Å². The lowest BCUT2D eigenvalue weighted by Crippen LogP contribution is -2.31. The average Bonchev–Trinajstić information content (AvgIpc) is 2.88. The van der Waals surface area contributed by atoms with Crippen LogP contribution in [0, 0.1) is 5.41 Å². The van der Waals surface area contributed by atoms with Gasteiger partial charge in [-0.05, 0) is 44.2 Å². The Morgan fingerprint density at radius 3 is 2.74 bits per heavy atom. The third-order valence-corrected chi connectivity index (χ3v) is 4.68. The molecule has 1 atom stereocenters. The van der Waals surface area contributed by atoms with Gasteiger partial charge in [-0.25, -0.2) is 0 Å². The van der Waals surface area contributed by atoms with Gasteiger partial charge in [-0.15, -0.1) is 0 Å². The van der Waals surface area contributed by atoms with E-state index in [4.69, 9.17) is 5.10 Å². The summed E-state index contributed by atoms with van der Waals surface area (Å²) in [4.78, 5) is 0. The van der Waals surface area contributed by atoms with E-state index in [1.54, 1.807) is 0 Å². The molecule has 0 spiro atoms. The Hall–Kier alpha value is -0.830. The largest absolute Gasteiger partial charge is 0.319 e. The van der Waals surface area contributed by atoms with Gasteiger partial charge in [0.2, 0.25) is 0 Å². The SMILES string of the molecule is CCC(C)(CNC)Cc1ccn(C2CCCCC2)n1. The summed E-state index contributed by atoms with van der Waals surface area (Å²) in [7, 11) is 2.04. The third kappa shape index (κ3) is 3.82. The van der Waals surface area contributed by atoms with Crippen molar-refractivity contribution in [3.8, 4) is 0 Å². The highest BCUT2D eigenvalue weighted by molar-refractivity contribution is 5.04. The second kappa shape index (κ2) is 6.56. The minimum atomic E-state index is 0.320. The van der Waals surface area contributed by atoms with Gasteiger partial charge in [0.1, 0.15) is 0 Å². The summed E-state index contributed by atoms with van der Waals surface area (Å²) in [6.07, 6.45) is 11.2. The molecule has 108 valence electrons. The maximum absolute atomic E-state index is 4.84. The molecule has 1 unspecified atom stereocenters. The van der Waals surface area contributed by atoms with Crippen LogP contribution in [0.2, 0.25) is 0 Å². The van der Waals surface area contributed by atoms with Crippen molar-refractivity contribution in [2.45, 2.75) is 64.8 Å². The molecule has 1 fully saturated rings. The molecular formula is C16H29N3. The maximum Gasteiger partial charge on any atom is 0.0630 e. The van der Waals surface area contributed by atoms with Crippen molar-refractivity contribution >= 4 is 0 Å². The van der Waals surface area contributed by atoms with Gasteiger partial charge in [0, 0.05) is 12.7 Å². The monoisotopic (exact) mass is 263 g/mol. The van der Waals surface area contributed by atoms with Crippen molar-refractivity contribution < 1.29 is 0 Å². The van der Waals surface area contributed by atoms with Crippen molar-refractivity contribution in [3.05, 3.63) is 18.0 Å². The van der Waals surface area contributed by atoms with Gasteiger partial charge >= 0.3 is 0 Å². The van der Waals surface area contributed by atoms with Crippen molar-refractivity contribution in [1.82, 2.24) is 15.1 Å². The number of aromatic nitrogens is 2. The summed E-state index contributed by atoms with van der Waals surface area (Å²) in [5, 5.41) is 8.15. The van der Waals surface area contributed by atoms with Crippen LogP contribution in [0.25, 0.3) is 0 Å². The van der Waals surface area contributed by atoms with Gasteiger partial charge in [-0.2, -0.15) is 5.10 Å². The fourth-order valence-electron chi connectivity index (χ4n) is 3.20. The van der Waals surface area contributed by atoms with Gasteiger partial charge in [0.15, 0.2) is 0 Å². The highest BCUT2D eigenvalue weighted by Crippen LogP contribution is 2.29. The molecule has 0 aromatic carbocycles. The summed E-state index contributed by atoms with van der Waals surface area (Å²) in [6.45, 7) is 5.68. The molecule has 1 saturated carbocycles. The average molecular weight is 263 g/mol. The normalized spacial score (nSPS) is 20.4. The predicted octanol–water partition coefficient (Wildman–Crippen LogP) is 3.57. The number of nitrogens with zero attached hydrogens (tertiary/aromatic N) is 2.